The Morgan fingerprint density at radius 1 is 1.54 bits per heavy atom. The van der Waals surface area contributed by atoms with E-state index in [0.717, 1.165) is 0 Å². The first kappa shape index (κ1) is 8.36. The molecular formula is C9H13N3O. The zero-order chi connectivity index (χ0) is 9.42. The van der Waals surface area contributed by atoms with Gasteiger partial charge in [-0.2, -0.15) is 5.26 Å². The number of urea groups is 1. The van der Waals surface area contributed by atoms with Crippen LogP contribution in [0.25, 0.3) is 0 Å². The molecule has 4 heteroatoms. The predicted molar refractivity (Wildman–Crippen MR) is 46.6 cm³/mol. The Hall–Kier alpha value is -1.24. The maximum atomic E-state index is 11.4. The number of hydrogen-bond donors (Lipinski definition) is 0. The molecule has 1 aliphatic carbocycles. The van der Waals surface area contributed by atoms with Crippen LogP contribution in [0.4, 0.5) is 4.79 Å². The van der Waals surface area contributed by atoms with Crippen LogP contribution in [-0.2, 0) is 0 Å². The number of carbonyl (C=O) groups is 1. The Morgan fingerprint density at radius 3 is 2.62 bits per heavy atom. The zero-order valence-corrected chi connectivity index (χ0v) is 7.73. The van der Waals surface area contributed by atoms with E-state index in [-0.39, 0.29) is 12.1 Å². The third kappa shape index (κ3) is 1.15. The molecule has 13 heavy (non-hydrogen) atoms. The summed E-state index contributed by atoms with van der Waals surface area (Å²) in [5.41, 5.74) is 0. The highest BCUT2D eigenvalue weighted by molar-refractivity contribution is 5.78. The van der Waals surface area contributed by atoms with E-state index in [1.165, 1.54) is 24.2 Å². The molecule has 2 aliphatic rings. The van der Waals surface area contributed by atoms with Gasteiger partial charge < -0.3 is 4.90 Å². The molecule has 1 atom stereocenters. The first-order valence-corrected chi connectivity index (χ1v) is 4.68. The van der Waals surface area contributed by atoms with Crippen LogP contribution in [0.3, 0.4) is 0 Å². The van der Waals surface area contributed by atoms with Crippen LogP contribution in [0.5, 0.6) is 0 Å². The zero-order valence-electron chi connectivity index (χ0n) is 7.73. The molecule has 1 saturated heterocycles. The molecule has 1 heterocycles. The van der Waals surface area contributed by atoms with Gasteiger partial charge in [-0.05, 0) is 18.8 Å². The SMILES string of the molecule is CN1C(=O)N(C#N)CC1C1CCC1. The standard InChI is InChI=1S/C9H13N3O/c1-11-8(7-3-2-4-7)5-12(6-10)9(11)13/h7-8H,2-5H2,1H3. The summed E-state index contributed by atoms with van der Waals surface area (Å²) in [5.74, 6) is 0.632. The van der Waals surface area contributed by atoms with Gasteiger partial charge in [-0.15, -0.1) is 0 Å². The number of nitrogens with zero attached hydrogens (tertiary/aromatic N) is 3. The van der Waals surface area contributed by atoms with Crippen molar-refractivity contribution < 1.29 is 4.79 Å². The molecule has 1 aliphatic heterocycles. The highest BCUT2D eigenvalue weighted by atomic mass is 16.2. The molecule has 2 fully saturated rings. The monoisotopic (exact) mass is 179 g/mol. The van der Waals surface area contributed by atoms with E-state index in [9.17, 15) is 4.79 Å². The number of amides is 2. The van der Waals surface area contributed by atoms with Crippen molar-refractivity contribution in [1.29, 1.82) is 5.26 Å². The molecule has 0 aromatic heterocycles. The van der Waals surface area contributed by atoms with Gasteiger partial charge in [0.15, 0.2) is 6.19 Å². The number of nitriles is 1. The number of hydrogen-bond acceptors (Lipinski definition) is 2. The molecule has 1 unspecified atom stereocenters. The lowest BCUT2D eigenvalue weighted by Gasteiger charge is -2.33. The van der Waals surface area contributed by atoms with Gasteiger partial charge in [0, 0.05) is 7.05 Å². The number of likely N-dealkylation sites (N-methyl/N-ethyl adjacent to an activating group) is 1. The van der Waals surface area contributed by atoms with E-state index in [2.05, 4.69) is 0 Å². The van der Waals surface area contributed by atoms with Crippen molar-refractivity contribution in [2.45, 2.75) is 25.3 Å². The van der Waals surface area contributed by atoms with Crippen molar-refractivity contribution in [2.75, 3.05) is 13.6 Å². The van der Waals surface area contributed by atoms with Crippen molar-refractivity contribution in [3.63, 3.8) is 0 Å². The van der Waals surface area contributed by atoms with Crippen LogP contribution in [-0.4, -0.2) is 35.5 Å². The van der Waals surface area contributed by atoms with E-state index in [1.807, 2.05) is 6.19 Å². The van der Waals surface area contributed by atoms with Crippen molar-refractivity contribution in [3.8, 4) is 6.19 Å². The van der Waals surface area contributed by atoms with E-state index >= 15 is 0 Å². The van der Waals surface area contributed by atoms with Gasteiger partial charge in [0.05, 0.1) is 12.6 Å². The minimum atomic E-state index is -0.139. The summed E-state index contributed by atoms with van der Waals surface area (Å²) >= 11 is 0. The molecule has 2 amide bonds. The van der Waals surface area contributed by atoms with Crippen LogP contribution >= 0.6 is 0 Å². The van der Waals surface area contributed by atoms with E-state index in [4.69, 9.17) is 5.26 Å². The van der Waals surface area contributed by atoms with Gasteiger partial charge in [-0.1, -0.05) is 6.42 Å². The Labute approximate surface area is 77.7 Å². The molecule has 0 aromatic carbocycles. The molecule has 0 bridgehead atoms. The summed E-state index contributed by atoms with van der Waals surface area (Å²) in [7, 11) is 1.79. The fraction of sp³-hybridized carbons (Fsp3) is 0.778. The first-order valence-electron chi connectivity index (χ1n) is 4.68. The Balaban J connectivity index is 2.07. The predicted octanol–water partition coefficient (Wildman–Crippen LogP) is 1.00. The fourth-order valence-corrected chi connectivity index (χ4v) is 2.09. The smallest absolute Gasteiger partial charge is 0.322 e. The number of rotatable bonds is 1. The van der Waals surface area contributed by atoms with Crippen LogP contribution < -0.4 is 0 Å². The maximum absolute atomic E-state index is 11.4. The van der Waals surface area contributed by atoms with Crippen LogP contribution in [0, 0.1) is 17.4 Å². The van der Waals surface area contributed by atoms with E-state index in [0.29, 0.717) is 12.5 Å². The molecule has 70 valence electrons. The summed E-state index contributed by atoms with van der Waals surface area (Å²) in [4.78, 5) is 14.4. The van der Waals surface area contributed by atoms with Crippen molar-refractivity contribution in [3.05, 3.63) is 0 Å². The van der Waals surface area contributed by atoms with Crippen LogP contribution in [0.15, 0.2) is 0 Å². The Morgan fingerprint density at radius 2 is 2.23 bits per heavy atom. The number of carbonyl (C=O) groups excluding carboxylic acids is 1. The average molecular weight is 179 g/mol. The first-order chi connectivity index (χ1) is 6.24. The summed E-state index contributed by atoms with van der Waals surface area (Å²) in [6.45, 7) is 0.594. The highest BCUT2D eigenvalue weighted by Crippen LogP contribution is 2.34. The lowest BCUT2D eigenvalue weighted by Crippen LogP contribution is -2.39. The van der Waals surface area contributed by atoms with E-state index in [1.54, 1.807) is 11.9 Å². The third-order valence-electron chi connectivity index (χ3n) is 3.21. The second-order valence-electron chi connectivity index (χ2n) is 3.86. The summed E-state index contributed by atoms with van der Waals surface area (Å²) < 4.78 is 0. The van der Waals surface area contributed by atoms with Crippen molar-refractivity contribution >= 4 is 6.03 Å². The van der Waals surface area contributed by atoms with Gasteiger partial charge >= 0.3 is 6.03 Å². The molecule has 1 saturated carbocycles. The minimum Gasteiger partial charge on any atom is -0.322 e. The average Bonchev–Trinajstić information content (AvgIpc) is 2.30. The summed E-state index contributed by atoms with van der Waals surface area (Å²) in [6.07, 6.45) is 5.61. The molecule has 2 rings (SSSR count). The quantitative estimate of drug-likeness (QED) is 0.564. The summed E-state index contributed by atoms with van der Waals surface area (Å²) in [6, 6.07) is 0.139. The van der Waals surface area contributed by atoms with Crippen molar-refractivity contribution in [1.82, 2.24) is 9.80 Å². The normalized spacial score (nSPS) is 28.9. The summed E-state index contributed by atoms with van der Waals surface area (Å²) in [5, 5.41) is 8.67. The van der Waals surface area contributed by atoms with E-state index < -0.39 is 0 Å². The van der Waals surface area contributed by atoms with Gasteiger partial charge in [0.25, 0.3) is 0 Å². The van der Waals surface area contributed by atoms with Gasteiger partial charge in [0.2, 0.25) is 0 Å². The Kier molecular flexibility index (Phi) is 1.87. The maximum Gasteiger partial charge on any atom is 0.333 e. The molecule has 0 spiro atoms. The van der Waals surface area contributed by atoms with Crippen LogP contribution in [0.2, 0.25) is 0 Å². The van der Waals surface area contributed by atoms with Gasteiger partial charge in [0.1, 0.15) is 0 Å². The van der Waals surface area contributed by atoms with Gasteiger partial charge in [-0.3, -0.25) is 0 Å². The molecule has 0 N–H and O–H groups in total. The van der Waals surface area contributed by atoms with Crippen LogP contribution in [0.1, 0.15) is 19.3 Å². The molecule has 0 aromatic rings. The molecular weight excluding hydrogens is 166 g/mol. The molecule has 4 nitrogen and oxygen atoms in total. The minimum absolute atomic E-state index is 0.139. The highest BCUT2D eigenvalue weighted by Gasteiger charge is 2.41. The lowest BCUT2D eigenvalue weighted by atomic mass is 9.79. The molecule has 0 radical (unpaired) electrons. The fourth-order valence-electron chi connectivity index (χ4n) is 2.09. The largest absolute Gasteiger partial charge is 0.333 e. The third-order valence-corrected chi connectivity index (χ3v) is 3.21. The van der Waals surface area contributed by atoms with Gasteiger partial charge in [-0.25, -0.2) is 9.69 Å². The lowest BCUT2D eigenvalue weighted by molar-refractivity contribution is 0.164. The second kappa shape index (κ2) is 2.91. The Bertz CT molecular complexity index is 267. The topological polar surface area (TPSA) is 47.3 Å². The van der Waals surface area contributed by atoms with Crippen molar-refractivity contribution in [2.24, 2.45) is 5.92 Å². The second-order valence-corrected chi connectivity index (χ2v) is 3.86.